The molecule has 3 aromatic heterocycles. The molecule has 0 aliphatic heterocycles. The molecule has 3 heterocycles. The van der Waals surface area contributed by atoms with Crippen molar-refractivity contribution in [3.63, 3.8) is 0 Å². The first-order valence-electron chi connectivity index (χ1n) is 8.42. The molecule has 0 saturated heterocycles. The number of anilines is 1. The van der Waals surface area contributed by atoms with Gasteiger partial charge in [-0.3, -0.25) is 13.9 Å². The quantitative estimate of drug-likeness (QED) is 0.717. The van der Waals surface area contributed by atoms with Crippen molar-refractivity contribution in [3.8, 4) is 0 Å². The Kier molecular flexibility index (Phi) is 4.69. The van der Waals surface area contributed by atoms with Gasteiger partial charge in [-0.15, -0.1) is 0 Å². The van der Waals surface area contributed by atoms with Gasteiger partial charge in [-0.05, 0) is 30.9 Å². The van der Waals surface area contributed by atoms with E-state index >= 15 is 0 Å². The largest absolute Gasteiger partial charge is 0.347 e. The number of nitrogens with zero attached hydrogens (tertiary/aromatic N) is 4. The van der Waals surface area contributed by atoms with E-state index in [0.717, 1.165) is 30.8 Å². The zero-order chi connectivity index (χ0) is 18.0. The van der Waals surface area contributed by atoms with Crippen molar-refractivity contribution in [1.82, 2.24) is 24.4 Å². The lowest BCUT2D eigenvalue weighted by Gasteiger charge is -2.10. The van der Waals surface area contributed by atoms with E-state index in [-0.39, 0.29) is 11.6 Å². The first-order valence-corrected chi connectivity index (χ1v) is 8.42. The lowest BCUT2D eigenvalue weighted by Crippen LogP contribution is -2.15. The fraction of sp³-hybridized carbons (Fsp3) is 0.412. The predicted octanol–water partition coefficient (Wildman–Crippen LogP) is 2.08. The monoisotopic (exact) mass is 342 g/mol. The summed E-state index contributed by atoms with van der Waals surface area (Å²) in [4.78, 5) is 24.0. The summed E-state index contributed by atoms with van der Waals surface area (Å²) in [5.41, 5.74) is 2.23. The molecule has 0 unspecified atom stereocenters. The predicted molar refractivity (Wildman–Crippen MR) is 94.8 cm³/mol. The van der Waals surface area contributed by atoms with Gasteiger partial charge in [0.15, 0.2) is 5.65 Å². The molecule has 1 amide bonds. The molecule has 8 heteroatoms. The van der Waals surface area contributed by atoms with Crippen LogP contribution in [0.15, 0.2) is 29.3 Å². The van der Waals surface area contributed by atoms with Crippen molar-refractivity contribution in [2.45, 2.75) is 40.2 Å². The number of aromatic nitrogens is 5. The number of H-pyrrole nitrogens is 1. The summed E-state index contributed by atoms with van der Waals surface area (Å²) in [6.45, 7) is 7.22. The normalized spacial score (nSPS) is 11.4. The molecule has 0 aliphatic carbocycles. The number of aryl methyl sites for hydroxylation is 1. The minimum Gasteiger partial charge on any atom is -0.319 e. The van der Waals surface area contributed by atoms with Crippen LogP contribution < -0.4 is 11.0 Å². The summed E-state index contributed by atoms with van der Waals surface area (Å²) in [5, 5.41) is 13.5. The Bertz CT molecular complexity index is 950. The number of fused-ring (bicyclic) bond motifs is 1. The Morgan fingerprint density at radius 2 is 2.20 bits per heavy atom. The van der Waals surface area contributed by atoms with Crippen LogP contribution in [0.1, 0.15) is 43.2 Å². The van der Waals surface area contributed by atoms with Crippen LogP contribution in [0.3, 0.4) is 0 Å². The lowest BCUT2D eigenvalue weighted by molar-refractivity contribution is 0.102. The van der Waals surface area contributed by atoms with Crippen molar-refractivity contribution < 1.29 is 4.79 Å². The van der Waals surface area contributed by atoms with Gasteiger partial charge in [-0.25, -0.2) is 9.89 Å². The topological polar surface area (TPSA) is 97.1 Å². The van der Waals surface area contributed by atoms with Gasteiger partial charge in [0.2, 0.25) is 0 Å². The first-order chi connectivity index (χ1) is 12.0. The van der Waals surface area contributed by atoms with Crippen LogP contribution in [0.2, 0.25) is 0 Å². The maximum atomic E-state index is 12.5. The fourth-order valence-corrected chi connectivity index (χ4v) is 2.70. The van der Waals surface area contributed by atoms with Crippen molar-refractivity contribution in [2.75, 3.05) is 5.32 Å². The molecular weight excluding hydrogens is 320 g/mol. The molecule has 3 aromatic rings. The number of aromatic amines is 1. The summed E-state index contributed by atoms with van der Waals surface area (Å²) in [6.07, 6.45) is 5.03. The third kappa shape index (κ3) is 3.47. The number of rotatable bonds is 6. The second kappa shape index (κ2) is 6.92. The van der Waals surface area contributed by atoms with E-state index < -0.39 is 0 Å². The number of amides is 1. The first kappa shape index (κ1) is 16.9. The molecule has 0 fully saturated rings. The van der Waals surface area contributed by atoms with E-state index in [1.165, 1.54) is 10.6 Å². The summed E-state index contributed by atoms with van der Waals surface area (Å²) in [5.74, 6) is 0.340. The molecule has 25 heavy (non-hydrogen) atoms. The Morgan fingerprint density at radius 3 is 2.92 bits per heavy atom. The van der Waals surface area contributed by atoms with Crippen molar-refractivity contribution in [3.05, 3.63) is 46.3 Å². The maximum Gasteiger partial charge on any atom is 0.347 e. The minimum absolute atomic E-state index is 0.254. The third-order valence-corrected chi connectivity index (χ3v) is 4.13. The molecule has 2 N–H and O–H groups in total. The number of nitrogens with one attached hydrogen (secondary N) is 2. The van der Waals surface area contributed by atoms with Crippen LogP contribution in [0.4, 0.5) is 5.69 Å². The Labute approximate surface area is 144 Å². The van der Waals surface area contributed by atoms with Gasteiger partial charge in [0, 0.05) is 18.3 Å². The molecule has 132 valence electrons. The van der Waals surface area contributed by atoms with Crippen molar-refractivity contribution in [2.24, 2.45) is 5.92 Å². The summed E-state index contributed by atoms with van der Waals surface area (Å²) >= 11 is 0. The van der Waals surface area contributed by atoms with Gasteiger partial charge in [0.25, 0.3) is 5.91 Å². The van der Waals surface area contributed by atoms with Crippen LogP contribution in [-0.4, -0.2) is 30.3 Å². The molecule has 0 aromatic carbocycles. The lowest BCUT2D eigenvalue weighted by atomic mass is 10.1. The van der Waals surface area contributed by atoms with Gasteiger partial charge in [0.1, 0.15) is 0 Å². The molecule has 0 spiro atoms. The summed E-state index contributed by atoms with van der Waals surface area (Å²) < 4.78 is 3.30. The average molecular weight is 342 g/mol. The highest BCUT2D eigenvalue weighted by Gasteiger charge is 2.14. The highest BCUT2D eigenvalue weighted by Crippen LogP contribution is 2.18. The van der Waals surface area contributed by atoms with Crippen molar-refractivity contribution >= 4 is 17.2 Å². The van der Waals surface area contributed by atoms with Crippen LogP contribution in [0, 0.1) is 5.92 Å². The molecule has 0 aliphatic rings. The summed E-state index contributed by atoms with van der Waals surface area (Å²) in [7, 11) is 0. The molecule has 0 atom stereocenters. The molecular formula is C17H22N6O2. The van der Waals surface area contributed by atoms with E-state index in [0.29, 0.717) is 17.1 Å². The van der Waals surface area contributed by atoms with Gasteiger partial charge in [-0.1, -0.05) is 20.8 Å². The number of carbonyl (C=O) groups is 1. The highest BCUT2D eigenvalue weighted by molar-refractivity contribution is 6.05. The van der Waals surface area contributed by atoms with Gasteiger partial charge < -0.3 is 5.32 Å². The molecule has 3 rings (SSSR count). The molecule has 8 nitrogen and oxygen atoms in total. The van der Waals surface area contributed by atoms with Crippen LogP contribution >= 0.6 is 0 Å². The molecule has 0 bridgehead atoms. The standard InChI is InChI=1S/C17H22N6O2/c1-4-14-13(10-18-23(14)8-5-11(2)3)19-16(24)12-6-7-22-15(9-12)20-21-17(22)25/h6-7,9-11H,4-5,8H2,1-3H3,(H,19,24)(H,21,25). The Balaban J connectivity index is 1.80. The number of carbonyl (C=O) groups excluding carboxylic acids is 1. The number of pyridine rings is 1. The minimum atomic E-state index is -0.332. The second-order valence-corrected chi connectivity index (χ2v) is 6.39. The van der Waals surface area contributed by atoms with E-state index in [1.54, 1.807) is 18.3 Å². The van der Waals surface area contributed by atoms with E-state index in [1.807, 2.05) is 11.6 Å². The smallest absolute Gasteiger partial charge is 0.319 e. The SMILES string of the molecule is CCc1c(NC(=O)c2ccn3c(=O)[nH]nc3c2)cnn1CCC(C)C. The second-order valence-electron chi connectivity index (χ2n) is 6.39. The third-order valence-electron chi connectivity index (χ3n) is 4.13. The molecule has 0 saturated carbocycles. The zero-order valence-electron chi connectivity index (χ0n) is 14.6. The van der Waals surface area contributed by atoms with Gasteiger partial charge in [-0.2, -0.15) is 10.2 Å². The van der Waals surface area contributed by atoms with Gasteiger partial charge in [0.05, 0.1) is 17.6 Å². The zero-order valence-corrected chi connectivity index (χ0v) is 14.6. The Hall–Kier alpha value is -2.90. The van der Waals surface area contributed by atoms with Gasteiger partial charge >= 0.3 is 5.69 Å². The Morgan fingerprint density at radius 1 is 1.40 bits per heavy atom. The maximum absolute atomic E-state index is 12.5. The van der Waals surface area contributed by atoms with E-state index in [9.17, 15) is 9.59 Å². The number of hydrogen-bond acceptors (Lipinski definition) is 4. The highest BCUT2D eigenvalue weighted by atomic mass is 16.2. The molecule has 0 radical (unpaired) electrons. The fourth-order valence-electron chi connectivity index (χ4n) is 2.70. The van der Waals surface area contributed by atoms with Crippen LogP contribution in [0.25, 0.3) is 5.65 Å². The summed E-state index contributed by atoms with van der Waals surface area (Å²) in [6, 6.07) is 3.16. The van der Waals surface area contributed by atoms with E-state index in [4.69, 9.17) is 0 Å². The number of hydrogen-bond donors (Lipinski definition) is 2. The van der Waals surface area contributed by atoms with Crippen LogP contribution in [0.5, 0.6) is 0 Å². The van der Waals surface area contributed by atoms with Crippen LogP contribution in [-0.2, 0) is 13.0 Å². The van der Waals surface area contributed by atoms with E-state index in [2.05, 4.69) is 34.5 Å². The average Bonchev–Trinajstić information content (AvgIpc) is 3.16. The van der Waals surface area contributed by atoms with Crippen molar-refractivity contribution in [1.29, 1.82) is 0 Å².